The van der Waals surface area contributed by atoms with Gasteiger partial charge in [0.25, 0.3) is 0 Å². The van der Waals surface area contributed by atoms with E-state index in [9.17, 15) is 0 Å². The van der Waals surface area contributed by atoms with Crippen LogP contribution in [-0.4, -0.2) is 18.3 Å². The van der Waals surface area contributed by atoms with Crippen LogP contribution in [0.25, 0.3) is 0 Å². The van der Waals surface area contributed by atoms with E-state index in [0.717, 1.165) is 6.42 Å². The van der Waals surface area contributed by atoms with Crippen LogP contribution in [0.15, 0.2) is 58.7 Å². The molecule has 0 bridgehead atoms. The van der Waals surface area contributed by atoms with Gasteiger partial charge in [0.15, 0.2) is 0 Å². The van der Waals surface area contributed by atoms with Gasteiger partial charge in [-0.05, 0) is 0 Å². The van der Waals surface area contributed by atoms with Crippen LogP contribution >= 0.6 is 17.2 Å². The predicted octanol–water partition coefficient (Wildman–Crippen LogP) is 6.95. The van der Waals surface area contributed by atoms with Gasteiger partial charge >= 0.3 is 173 Å². The Kier molecular flexibility index (Phi) is 5.84. The van der Waals surface area contributed by atoms with Crippen molar-refractivity contribution in [1.82, 2.24) is 0 Å². The molecular formula is C21H27Cl2GeHf. The first-order chi connectivity index (χ1) is 11.7. The Balaban J connectivity index is 2.43. The summed E-state index contributed by atoms with van der Waals surface area (Å²) in [4.78, 5) is 0. The van der Waals surface area contributed by atoms with E-state index in [1.165, 1.54) is 16.7 Å². The van der Waals surface area contributed by atoms with Crippen LogP contribution in [0.1, 0.15) is 34.1 Å². The van der Waals surface area contributed by atoms with Crippen molar-refractivity contribution in [3.8, 4) is 0 Å². The maximum absolute atomic E-state index is 7.06. The van der Waals surface area contributed by atoms with E-state index in [1.54, 1.807) is 9.92 Å². The van der Waals surface area contributed by atoms with E-state index in [-0.39, 0.29) is 8.59 Å². The third-order valence-electron chi connectivity index (χ3n) is 6.30. The Labute approximate surface area is 172 Å². The topological polar surface area (TPSA) is 0 Å². The molecule has 0 heterocycles. The molecule has 0 aromatic carbocycles. The first kappa shape index (κ1) is 20.3. The zero-order valence-corrected chi connectivity index (χ0v) is 23.2. The van der Waals surface area contributed by atoms with Gasteiger partial charge in [-0.3, -0.25) is 0 Å². The summed E-state index contributed by atoms with van der Waals surface area (Å²) in [5.74, 6) is 5.44. The van der Waals surface area contributed by atoms with Crippen LogP contribution in [0, 0.1) is 11.3 Å². The van der Waals surface area contributed by atoms with E-state index in [0.29, 0.717) is 5.92 Å². The zero-order valence-electron chi connectivity index (χ0n) is 16.0. The summed E-state index contributed by atoms with van der Waals surface area (Å²) in [6, 6.07) is 0. The summed E-state index contributed by atoms with van der Waals surface area (Å²) in [5.41, 5.74) is 5.99. The Morgan fingerprint density at radius 3 is 2.36 bits per heavy atom. The summed E-state index contributed by atoms with van der Waals surface area (Å²) in [6.07, 6.45) is 14.6. The van der Waals surface area contributed by atoms with Gasteiger partial charge < -0.3 is 0 Å². The van der Waals surface area contributed by atoms with Crippen molar-refractivity contribution < 1.29 is 19.1 Å². The van der Waals surface area contributed by atoms with Gasteiger partial charge in [0.2, 0.25) is 0 Å². The summed E-state index contributed by atoms with van der Waals surface area (Å²) >= 11 is -4.25. The van der Waals surface area contributed by atoms with Crippen molar-refractivity contribution in [1.29, 1.82) is 0 Å². The maximum atomic E-state index is 7.06. The van der Waals surface area contributed by atoms with E-state index in [1.807, 2.05) is 0 Å². The SMILES string of the molecule is CC1=CC=CC2=C([C](=[Ge]([CH3])[CH3])C(C)(C)[C]2(C2=CC=CC2)[Hf]([Cl])[Cl])C1C. The normalized spacial score (nSPS) is 30.2. The second kappa shape index (κ2) is 7.19. The Hall–Kier alpha value is 0.563. The molecule has 0 spiro atoms. The summed E-state index contributed by atoms with van der Waals surface area (Å²) in [5, 5.41) is 0. The van der Waals surface area contributed by atoms with Gasteiger partial charge in [-0.2, -0.15) is 0 Å². The second-order valence-corrected chi connectivity index (χ2v) is 25.7. The third-order valence-corrected chi connectivity index (χ3v) is 21.3. The number of halogens is 2. The van der Waals surface area contributed by atoms with E-state index in [2.05, 4.69) is 75.7 Å². The summed E-state index contributed by atoms with van der Waals surface area (Å²) in [7, 11) is 14.1. The fraction of sp³-hybridized carbons (Fsp3) is 0.476. The van der Waals surface area contributed by atoms with Gasteiger partial charge in [0, 0.05) is 0 Å². The standard InChI is InChI=1S/C21H27Ge.2ClH.Hf/c1-14-10-9-13-17-18(15(14)2)20(22(5)6)21(3,4)19(17)16-11-7-8-12-16;;;/h7-11,13,15H,12H2,1-6H3;2*1H;/q;;;+2/p-2. The van der Waals surface area contributed by atoms with Gasteiger partial charge in [-0.15, -0.1) is 0 Å². The van der Waals surface area contributed by atoms with Crippen molar-refractivity contribution in [2.24, 2.45) is 11.3 Å². The number of hydrogen-bond acceptors (Lipinski definition) is 0. The van der Waals surface area contributed by atoms with Crippen LogP contribution < -0.4 is 0 Å². The number of allylic oxidation sites excluding steroid dienone is 10. The molecule has 0 aromatic rings. The molecule has 0 saturated heterocycles. The fourth-order valence-electron chi connectivity index (χ4n) is 5.18. The summed E-state index contributed by atoms with van der Waals surface area (Å²) in [6.45, 7) is 9.51. The van der Waals surface area contributed by atoms with Crippen molar-refractivity contribution in [3.63, 3.8) is 0 Å². The van der Waals surface area contributed by atoms with E-state index in [4.69, 9.17) is 17.2 Å². The second-order valence-electron chi connectivity index (χ2n) is 8.15. The third kappa shape index (κ3) is 2.82. The van der Waals surface area contributed by atoms with Gasteiger partial charge in [-0.1, -0.05) is 0 Å². The molecule has 2 atom stereocenters. The minimum absolute atomic E-state index is 0.0378. The molecular weight excluding hydrogens is 574 g/mol. The van der Waals surface area contributed by atoms with Crippen LogP contribution in [0.2, 0.25) is 14.7 Å². The number of hydrogen-bond donors (Lipinski definition) is 0. The Morgan fingerprint density at radius 1 is 1.16 bits per heavy atom. The van der Waals surface area contributed by atoms with Gasteiger partial charge in [0.1, 0.15) is 0 Å². The molecule has 3 aliphatic carbocycles. The monoisotopic (exact) mass is 603 g/mol. The molecule has 3 aliphatic rings. The first-order valence-electron chi connectivity index (χ1n) is 8.99. The van der Waals surface area contributed by atoms with Crippen molar-refractivity contribution >= 4 is 35.4 Å². The van der Waals surface area contributed by atoms with Crippen LogP contribution in [-0.2, 0) is 19.1 Å². The van der Waals surface area contributed by atoms with E-state index >= 15 is 0 Å². The molecule has 0 nitrogen and oxygen atoms in total. The molecule has 0 aromatic heterocycles. The molecule has 2 unspecified atom stereocenters. The molecule has 0 fully saturated rings. The van der Waals surface area contributed by atoms with Crippen molar-refractivity contribution in [2.75, 3.05) is 0 Å². The average molecular weight is 601 g/mol. The minimum atomic E-state index is -2.92. The van der Waals surface area contributed by atoms with Crippen LogP contribution in [0.3, 0.4) is 0 Å². The fourth-order valence-corrected chi connectivity index (χ4v) is 23.7. The quantitative estimate of drug-likeness (QED) is 0.301. The van der Waals surface area contributed by atoms with Gasteiger partial charge in [-0.25, -0.2) is 0 Å². The molecule has 25 heavy (non-hydrogen) atoms. The van der Waals surface area contributed by atoms with Crippen molar-refractivity contribution in [3.05, 3.63) is 58.7 Å². The zero-order chi connectivity index (χ0) is 18.6. The molecule has 0 saturated carbocycles. The first-order valence-corrected chi connectivity index (χ1v) is 24.9. The number of rotatable bonds is 2. The van der Waals surface area contributed by atoms with Crippen LogP contribution in [0.4, 0.5) is 0 Å². The molecule has 0 N–H and O–H groups in total. The summed E-state index contributed by atoms with van der Waals surface area (Å²) < 4.78 is 1.61. The molecule has 3 rings (SSSR count). The molecule has 0 amide bonds. The molecule has 0 radical (unpaired) electrons. The molecule has 0 aliphatic heterocycles. The van der Waals surface area contributed by atoms with Crippen molar-refractivity contribution in [2.45, 2.75) is 48.8 Å². The predicted molar refractivity (Wildman–Crippen MR) is 112 cm³/mol. The Bertz CT molecular complexity index is 789. The molecule has 4 heteroatoms. The molecule has 133 valence electrons. The van der Waals surface area contributed by atoms with E-state index < -0.39 is 33.0 Å². The van der Waals surface area contributed by atoms with Gasteiger partial charge in [0.05, 0.1) is 0 Å². The average Bonchev–Trinajstić information content (AvgIpc) is 3.06. The Morgan fingerprint density at radius 2 is 1.84 bits per heavy atom. The van der Waals surface area contributed by atoms with Crippen LogP contribution in [0.5, 0.6) is 0 Å².